The average Bonchev–Trinajstić information content (AvgIpc) is 3.51. The summed E-state index contributed by atoms with van der Waals surface area (Å²) in [6.07, 6.45) is -3.07. The van der Waals surface area contributed by atoms with E-state index in [1.165, 1.54) is 12.1 Å². The van der Waals surface area contributed by atoms with E-state index in [2.05, 4.69) is 30.4 Å². The van der Waals surface area contributed by atoms with Gasteiger partial charge in [0.25, 0.3) is 0 Å². The Labute approximate surface area is 266 Å². The first-order valence-corrected chi connectivity index (χ1v) is 17.3. The van der Waals surface area contributed by atoms with Crippen LogP contribution in [0.1, 0.15) is 27.9 Å². The maximum absolute atomic E-state index is 14.1. The number of nitrogens with zero attached hydrogens (tertiary/aromatic N) is 4. The molecule has 13 heteroatoms. The fourth-order valence-electron chi connectivity index (χ4n) is 5.16. The molecule has 0 aliphatic carbocycles. The van der Waals surface area contributed by atoms with Gasteiger partial charge in [-0.05, 0) is 81.9 Å². The summed E-state index contributed by atoms with van der Waals surface area (Å²) >= 11 is 0. The van der Waals surface area contributed by atoms with E-state index >= 15 is 0 Å². The van der Waals surface area contributed by atoms with Crippen LogP contribution >= 0.6 is 7.14 Å². The summed E-state index contributed by atoms with van der Waals surface area (Å²) in [6.45, 7) is 4.92. The molecule has 1 fully saturated rings. The van der Waals surface area contributed by atoms with Gasteiger partial charge in [0.15, 0.2) is 0 Å². The highest BCUT2D eigenvalue weighted by Gasteiger charge is 2.36. The third-order valence-electron chi connectivity index (χ3n) is 7.76. The number of carbonyl (C=O) groups excluding carboxylic acids is 1. The molecule has 2 N–H and O–H groups in total. The van der Waals surface area contributed by atoms with Crippen LogP contribution in [0.2, 0.25) is 0 Å². The molecule has 9 nitrogen and oxygen atoms in total. The van der Waals surface area contributed by atoms with Crippen LogP contribution in [0.3, 0.4) is 0 Å². The van der Waals surface area contributed by atoms with Gasteiger partial charge in [0.2, 0.25) is 5.95 Å². The summed E-state index contributed by atoms with van der Waals surface area (Å²) in [5.74, 6) is -1.10. The zero-order chi connectivity index (χ0) is 33.1. The third kappa shape index (κ3) is 8.05. The number of carbonyl (C=O) groups is 1. The highest BCUT2D eigenvalue weighted by molar-refractivity contribution is 7.70. The second-order valence-corrected chi connectivity index (χ2v) is 14.9. The number of aromatic nitrogens is 2. The molecule has 242 valence electrons. The number of esters is 1. The van der Waals surface area contributed by atoms with E-state index in [1.54, 1.807) is 37.6 Å². The second kappa shape index (κ2) is 13.5. The van der Waals surface area contributed by atoms with Gasteiger partial charge in [-0.3, -0.25) is 0 Å². The number of hydrogen-bond acceptors (Lipinski definition) is 9. The Bertz CT molecular complexity index is 1730. The molecule has 1 aliphatic heterocycles. The van der Waals surface area contributed by atoms with Crippen LogP contribution in [-0.4, -0.2) is 67.4 Å². The first-order valence-electron chi connectivity index (χ1n) is 14.7. The van der Waals surface area contributed by atoms with Crippen molar-refractivity contribution >= 4 is 47.2 Å². The van der Waals surface area contributed by atoms with Crippen molar-refractivity contribution in [3.05, 3.63) is 95.7 Å². The molecule has 5 rings (SSSR count). The van der Waals surface area contributed by atoms with Gasteiger partial charge < -0.3 is 29.7 Å². The third-order valence-corrected chi connectivity index (χ3v) is 9.29. The summed E-state index contributed by atoms with van der Waals surface area (Å²) < 4.78 is 60.9. The quantitative estimate of drug-likeness (QED) is 0.143. The average molecular weight is 653 g/mol. The summed E-state index contributed by atoms with van der Waals surface area (Å²) in [4.78, 5) is 24.9. The minimum atomic E-state index is -4.75. The predicted octanol–water partition coefficient (Wildman–Crippen LogP) is 6.73. The minimum Gasteiger partial charge on any atom is -0.457 e. The van der Waals surface area contributed by atoms with Crippen LogP contribution in [0.15, 0.2) is 79.0 Å². The number of anilines is 5. The van der Waals surface area contributed by atoms with Gasteiger partial charge in [0, 0.05) is 42.0 Å². The van der Waals surface area contributed by atoms with E-state index in [0.717, 1.165) is 30.8 Å². The maximum atomic E-state index is 14.1. The van der Waals surface area contributed by atoms with E-state index in [4.69, 9.17) is 4.74 Å². The molecule has 0 radical (unpaired) electrons. The molecule has 0 bridgehead atoms. The van der Waals surface area contributed by atoms with E-state index in [-0.39, 0.29) is 18.2 Å². The van der Waals surface area contributed by atoms with Crippen molar-refractivity contribution in [2.24, 2.45) is 0 Å². The molecule has 46 heavy (non-hydrogen) atoms. The Morgan fingerprint density at radius 2 is 1.76 bits per heavy atom. The normalized spacial score (nSPS) is 15.2. The zero-order valence-corrected chi connectivity index (χ0v) is 26.9. The lowest BCUT2D eigenvalue weighted by molar-refractivity contribution is -0.137. The number of alkyl halides is 3. The van der Waals surface area contributed by atoms with Gasteiger partial charge in [-0.15, -0.1) is 0 Å². The highest BCUT2D eigenvalue weighted by Crippen LogP contribution is 2.42. The first-order chi connectivity index (χ1) is 21.8. The van der Waals surface area contributed by atoms with Gasteiger partial charge in [0.1, 0.15) is 25.1 Å². The van der Waals surface area contributed by atoms with Gasteiger partial charge in [-0.1, -0.05) is 30.3 Å². The molecule has 1 unspecified atom stereocenters. The fraction of sp³-hybridized carbons (Fsp3) is 0.303. The van der Waals surface area contributed by atoms with Crippen molar-refractivity contribution in [2.45, 2.75) is 25.2 Å². The van der Waals surface area contributed by atoms with E-state index in [0.29, 0.717) is 28.8 Å². The molecule has 0 saturated carbocycles. The zero-order valence-electron chi connectivity index (χ0n) is 26.0. The molecule has 3 aromatic carbocycles. The first kappa shape index (κ1) is 33.0. The smallest absolute Gasteiger partial charge is 0.421 e. The molecule has 4 aromatic rings. The maximum Gasteiger partial charge on any atom is 0.421 e. The molecule has 2 heterocycles. The monoisotopic (exact) mass is 652 g/mol. The van der Waals surface area contributed by atoms with E-state index < -0.39 is 30.7 Å². The molecule has 0 amide bonds. The molecular weight excluding hydrogens is 616 g/mol. The number of ether oxygens (including phenoxy) is 1. The summed E-state index contributed by atoms with van der Waals surface area (Å²) in [6, 6.07) is 21.1. The Hall–Kier alpha value is -4.41. The lowest BCUT2D eigenvalue weighted by Crippen LogP contribution is -2.31. The Balaban J connectivity index is 1.36. The van der Waals surface area contributed by atoms with Crippen molar-refractivity contribution in [1.29, 1.82) is 0 Å². The topological polar surface area (TPSA) is 99.7 Å². The number of nitrogens with one attached hydrogen (secondary N) is 2. The standard InChI is InChI=1S/C33H36F3N6O3P/c1-41(2)26-16-17-42(20-26)25-14-15-28(29(18-25)46(3,4)44)39-30-27(33(34,35)36)19-37-32(40-30)38-24-12-10-23(11-13-24)31(43)45-21-22-8-6-5-7-9-22/h5-15,18-19,26H,16-17,20-21H2,1-4H3,(H2,37,38,39,40). The Morgan fingerprint density at radius 3 is 2.39 bits per heavy atom. The Kier molecular flexibility index (Phi) is 9.69. The number of likely N-dealkylation sites (N-methyl/N-ethyl adjacent to an activating group) is 1. The summed E-state index contributed by atoms with van der Waals surface area (Å²) in [5, 5.41) is 6.12. The van der Waals surface area contributed by atoms with Crippen molar-refractivity contribution in [1.82, 2.24) is 14.9 Å². The second-order valence-electron chi connectivity index (χ2n) is 11.7. The lowest BCUT2D eigenvalue weighted by Gasteiger charge is -2.24. The summed E-state index contributed by atoms with van der Waals surface area (Å²) in [7, 11) is 1.13. The summed E-state index contributed by atoms with van der Waals surface area (Å²) in [5.41, 5.74) is 1.68. The number of halogens is 3. The molecule has 1 aromatic heterocycles. The largest absolute Gasteiger partial charge is 0.457 e. The van der Waals surface area contributed by atoms with Crippen LogP contribution in [0.25, 0.3) is 0 Å². The van der Waals surface area contributed by atoms with Gasteiger partial charge in [-0.25, -0.2) is 9.78 Å². The molecule has 0 spiro atoms. The van der Waals surface area contributed by atoms with Crippen LogP contribution < -0.4 is 20.8 Å². The lowest BCUT2D eigenvalue weighted by atomic mass is 10.2. The fourth-order valence-corrected chi connectivity index (χ4v) is 6.32. The molecule has 1 saturated heterocycles. The van der Waals surface area contributed by atoms with Crippen LogP contribution in [0.5, 0.6) is 0 Å². The Morgan fingerprint density at radius 1 is 1.04 bits per heavy atom. The number of benzene rings is 3. The van der Waals surface area contributed by atoms with Crippen molar-refractivity contribution in [3.8, 4) is 0 Å². The highest BCUT2D eigenvalue weighted by atomic mass is 31.2. The van der Waals surface area contributed by atoms with Gasteiger partial charge in [-0.2, -0.15) is 18.2 Å². The predicted molar refractivity (Wildman–Crippen MR) is 175 cm³/mol. The molecular formula is C33H36F3N6O3P. The van der Waals surface area contributed by atoms with Crippen LogP contribution in [-0.2, 0) is 22.1 Å². The van der Waals surface area contributed by atoms with Gasteiger partial charge in [0.05, 0.1) is 11.3 Å². The molecule has 1 aliphatic rings. The number of hydrogen-bond donors (Lipinski definition) is 2. The van der Waals surface area contributed by atoms with Crippen molar-refractivity contribution in [3.63, 3.8) is 0 Å². The number of rotatable bonds is 10. The SMILES string of the molecule is CN(C)C1CCN(c2ccc(Nc3nc(Nc4ccc(C(=O)OCc5ccccc5)cc4)ncc3C(F)(F)F)c(P(C)(C)=O)c2)C1. The molecule has 1 atom stereocenters. The van der Waals surface area contributed by atoms with Crippen molar-refractivity contribution in [2.75, 3.05) is 56.0 Å². The van der Waals surface area contributed by atoms with E-state index in [1.807, 2.05) is 50.5 Å². The van der Waals surface area contributed by atoms with Crippen molar-refractivity contribution < 1.29 is 27.3 Å². The van der Waals surface area contributed by atoms with Crippen LogP contribution in [0.4, 0.5) is 42.0 Å². The van der Waals surface area contributed by atoms with Gasteiger partial charge >= 0.3 is 12.1 Å². The van der Waals surface area contributed by atoms with Crippen LogP contribution in [0, 0.1) is 0 Å². The minimum absolute atomic E-state index is 0.101. The van der Waals surface area contributed by atoms with E-state index in [9.17, 15) is 22.5 Å².